The summed E-state index contributed by atoms with van der Waals surface area (Å²) < 4.78 is 25.9. The van der Waals surface area contributed by atoms with Gasteiger partial charge in [-0.1, -0.05) is 13.3 Å². The Morgan fingerprint density at radius 3 is 2.62 bits per heavy atom. The Morgan fingerprint density at radius 1 is 1.38 bits per heavy atom. The predicted octanol–water partition coefficient (Wildman–Crippen LogP) is 2.84. The fraction of sp³-hybridized carbons (Fsp3) is 0.417. The molecule has 0 saturated heterocycles. The summed E-state index contributed by atoms with van der Waals surface area (Å²) in [5.74, 6) is -1.90. The number of carbonyl (C=O) groups excluding carboxylic acids is 1. The van der Waals surface area contributed by atoms with Crippen LogP contribution in [0.25, 0.3) is 0 Å². The van der Waals surface area contributed by atoms with Crippen molar-refractivity contribution in [3.8, 4) is 0 Å². The fourth-order valence-electron chi connectivity index (χ4n) is 1.37. The van der Waals surface area contributed by atoms with Crippen LogP contribution in [-0.2, 0) is 0 Å². The molecule has 2 nitrogen and oxygen atoms in total. The molecule has 1 aromatic carbocycles. The highest BCUT2D eigenvalue weighted by Gasteiger charge is 2.15. The van der Waals surface area contributed by atoms with E-state index in [1.165, 1.54) is 11.0 Å². The molecule has 0 aliphatic heterocycles. The van der Waals surface area contributed by atoms with E-state index in [1.807, 2.05) is 6.92 Å². The van der Waals surface area contributed by atoms with E-state index in [2.05, 4.69) is 0 Å². The Labute approximate surface area is 93.9 Å². The van der Waals surface area contributed by atoms with E-state index < -0.39 is 17.5 Å². The Kier molecular flexibility index (Phi) is 4.40. The van der Waals surface area contributed by atoms with Crippen molar-refractivity contribution in [2.45, 2.75) is 19.8 Å². The maximum atomic E-state index is 13.3. The normalized spacial score (nSPS) is 10.2. The SMILES string of the molecule is CCCCN(C)C(=O)c1ccc(F)cc1F. The summed E-state index contributed by atoms with van der Waals surface area (Å²) in [6.45, 7) is 2.59. The quantitative estimate of drug-likeness (QED) is 0.774. The highest BCUT2D eigenvalue weighted by Crippen LogP contribution is 2.11. The van der Waals surface area contributed by atoms with Gasteiger partial charge < -0.3 is 4.90 Å². The van der Waals surface area contributed by atoms with Crippen LogP contribution in [0.1, 0.15) is 30.1 Å². The number of hydrogen-bond acceptors (Lipinski definition) is 1. The second kappa shape index (κ2) is 5.58. The third-order valence-electron chi connectivity index (χ3n) is 2.36. The molecule has 0 radical (unpaired) electrons. The number of rotatable bonds is 4. The molecule has 0 aliphatic rings. The maximum Gasteiger partial charge on any atom is 0.256 e. The summed E-state index contributed by atoms with van der Waals surface area (Å²) in [5, 5.41) is 0. The van der Waals surface area contributed by atoms with E-state index in [-0.39, 0.29) is 5.56 Å². The third kappa shape index (κ3) is 3.02. The zero-order chi connectivity index (χ0) is 12.1. The summed E-state index contributed by atoms with van der Waals surface area (Å²) in [6.07, 6.45) is 1.83. The molecule has 1 rings (SSSR count). The number of benzene rings is 1. The van der Waals surface area contributed by atoms with E-state index >= 15 is 0 Å². The lowest BCUT2D eigenvalue weighted by Crippen LogP contribution is -2.28. The molecule has 4 heteroatoms. The molecule has 0 aromatic heterocycles. The van der Waals surface area contributed by atoms with E-state index in [9.17, 15) is 13.6 Å². The van der Waals surface area contributed by atoms with Crippen molar-refractivity contribution >= 4 is 5.91 Å². The minimum atomic E-state index is -0.812. The maximum absolute atomic E-state index is 13.3. The van der Waals surface area contributed by atoms with E-state index in [4.69, 9.17) is 0 Å². The molecule has 0 N–H and O–H groups in total. The van der Waals surface area contributed by atoms with Crippen LogP contribution in [0.3, 0.4) is 0 Å². The van der Waals surface area contributed by atoms with E-state index in [0.29, 0.717) is 6.54 Å². The third-order valence-corrected chi connectivity index (χ3v) is 2.36. The molecule has 1 amide bonds. The molecule has 0 atom stereocenters. The summed E-state index contributed by atoms with van der Waals surface area (Å²) in [5.41, 5.74) is -0.0833. The highest BCUT2D eigenvalue weighted by molar-refractivity contribution is 5.94. The molecule has 0 heterocycles. The van der Waals surface area contributed by atoms with Gasteiger partial charge >= 0.3 is 0 Å². The number of amides is 1. The van der Waals surface area contributed by atoms with Crippen LogP contribution >= 0.6 is 0 Å². The van der Waals surface area contributed by atoms with Gasteiger partial charge in [0.1, 0.15) is 11.6 Å². The first kappa shape index (κ1) is 12.6. The minimum Gasteiger partial charge on any atom is -0.342 e. The largest absolute Gasteiger partial charge is 0.342 e. The van der Waals surface area contributed by atoms with Crippen molar-refractivity contribution in [1.29, 1.82) is 0 Å². The van der Waals surface area contributed by atoms with Gasteiger partial charge in [0, 0.05) is 19.7 Å². The lowest BCUT2D eigenvalue weighted by Gasteiger charge is -2.16. The van der Waals surface area contributed by atoms with Crippen LogP contribution in [0.4, 0.5) is 8.78 Å². The van der Waals surface area contributed by atoms with E-state index in [0.717, 1.165) is 25.0 Å². The molecule has 0 aliphatic carbocycles. The summed E-state index contributed by atoms with van der Waals surface area (Å²) in [4.78, 5) is 13.2. The van der Waals surface area contributed by atoms with Gasteiger partial charge in [-0.05, 0) is 18.6 Å². The molecule has 0 saturated carbocycles. The molecule has 0 spiro atoms. The predicted molar refractivity (Wildman–Crippen MR) is 58.2 cm³/mol. The van der Waals surface area contributed by atoms with Crippen LogP contribution in [-0.4, -0.2) is 24.4 Å². The van der Waals surface area contributed by atoms with Crippen LogP contribution < -0.4 is 0 Å². The zero-order valence-corrected chi connectivity index (χ0v) is 9.46. The minimum absolute atomic E-state index is 0.0833. The Morgan fingerprint density at radius 2 is 2.06 bits per heavy atom. The van der Waals surface area contributed by atoms with Crippen molar-refractivity contribution in [3.05, 3.63) is 35.4 Å². The number of unbranched alkanes of at least 4 members (excludes halogenated alkanes) is 1. The van der Waals surface area contributed by atoms with Crippen LogP contribution in [0, 0.1) is 11.6 Å². The van der Waals surface area contributed by atoms with Crippen molar-refractivity contribution < 1.29 is 13.6 Å². The van der Waals surface area contributed by atoms with Gasteiger partial charge in [-0.2, -0.15) is 0 Å². The lowest BCUT2D eigenvalue weighted by molar-refractivity contribution is 0.0788. The molecule has 0 bridgehead atoms. The molecular formula is C12H15F2NO. The average Bonchev–Trinajstić information content (AvgIpc) is 2.25. The molecule has 0 fully saturated rings. The molecule has 88 valence electrons. The number of hydrogen-bond donors (Lipinski definition) is 0. The van der Waals surface area contributed by atoms with Gasteiger partial charge in [-0.3, -0.25) is 4.79 Å². The monoisotopic (exact) mass is 227 g/mol. The first-order valence-corrected chi connectivity index (χ1v) is 5.26. The van der Waals surface area contributed by atoms with Gasteiger partial charge in [0.2, 0.25) is 0 Å². The van der Waals surface area contributed by atoms with Gasteiger partial charge in [-0.15, -0.1) is 0 Å². The molecule has 16 heavy (non-hydrogen) atoms. The van der Waals surface area contributed by atoms with E-state index in [1.54, 1.807) is 7.05 Å². The Hall–Kier alpha value is -1.45. The van der Waals surface area contributed by atoms with Gasteiger partial charge in [0.05, 0.1) is 5.56 Å². The summed E-state index contributed by atoms with van der Waals surface area (Å²) in [7, 11) is 1.61. The first-order valence-electron chi connectivity index (χ1n) is 5.26. The first-order chi connectivity index (χ1) is 7.56. The van der Waals surface area contributed by atoms with Crippen molar-refractivity contribution in [1.82, 2.24) is 4.90 Å². The van der Waals surface area contributed by atoms with Crippen molar-refractivity contribution in [2.75, 3.05) is 13.6 Å². The second-order valence-electron chi connectivity index (χ2n) is 3.70. The highest BCUT2D eigenvalue weighted by atomic mass is 19.1. The average molecular weight is 227 g/mol. The number of nitrogens with zero attached hydrogens (tertiary/aromatic N) is 1. The second-order valence-corrected chi connectivity index (χ2v) is 3.70. The van der Waals surface area contributed by atoms with Crippen molar-refractivity contribution in [2.24, 2.45) is 0 Å². The standard InChI is InChI=1S/C12H15F2NO/c1-3-4-7-15(2)12(16)10-6-5-9(13)8-11(10)14/h5-6,8H,3-4,7H2,1-2H3. The summed E-state index contributed by atoms with van der Waals surface area (Å²) >= 11 is 0. The smallest absolute Gasteiger partial charge is 0.256 e. The topological polar surface area (TPSA) is 20.3 Å². The van der Waals surface area contributed by atoms with Gasteiger partial charge in [-0.25, -0.2) is 8.78 Å². The number of halogens is 2. The Bertz CT molecular complexity index is 379. The van der Waals surface area contributed by atoms with Gasteiger partial charge in [0.25, 0.3) is 5.91 Å². The molecule has 1 aromatic rings. The molecule has 0 unspecified atom stereocenters. The Balaban J connectivity index is 2.79. The lowest BCUT2D eigenvalue weighted by atomic mass is 10.2. The summed E-state index contributed by atoms with van der Waals surface area (Å²) in [6, 6.07) is 2.99. The van der Waals surface area contributed by atoms with Crippen molar-refractivity contribution in [3.63, 3.8) is 0 Å². The fourth-order valence-corrected chi connectivity index (χ4v) is 1.37. The van der Waals surface area contributed by atoms with Gasteiger partial charge in [0.15, 0.2) is 0 Å². The zero-order valence-electron chi connectivity index (χ0n) is 9.46. The number of carbonyl (C=O) groups is 1. The van der Waals surface area contributed by atoms with Crippen LogP contribution in [0.5, 0.6) is 0 Å². The molecular weight excluding hydrogens is 212 g/mol. The van der Waals surface area contributed by atoms with Crippen LogP contribution in [0.15, 0.2) is 18.2 Å². The van der Waals surface area contributed by atoms with Crippen LogP contribution in [0.2, 0.25) is 0 Å².